The first-order valence-electron chi connectivity index (χ1n) is 1.66. The first-order chi connectivity index (χ1) is 2.56. The van der Waals surface area contributed by atoms with E-state index in [-0.39, 0.29) is 0 Å². The summed E-state index contributed by atoms with van der Waals surface area (Å²) >= 11 is 10.4. The topological polar surface area (TPSA) is 20.2 Å². The second-order valence-electron chi connectivity index (χ2n) is 1.02. The van der Waals surface area contributed by atoms with Gasteiger partial charge in [-0.15, -0.1) is 0 Å². The van der Waals surface area contributed by atoms with E-state index < -0.39 is 6.19 Å². The molecule has 0 aromatic heterocycles. The molecule has 0 amide bonds. The van der Waals surface area contributed by atoms with Crippen LogP contribution < -0.4 is 0 Å². The summed E-state index contributed by atoms with van der Waals surface area (Å²) in [5, 5.41) is 0. The predicted octanol–water partition coefficient (Wildman–Crippen LogP) is 1.97. The Balaban J connectivity index is 3.17. The van der Waals surface area contributed by atoms with Crippen LogP contribution in [-0.4, -0.2) is 11.1 Å². The van der Waals surface area contributed by atoms with Gasteiger partial charge in [0.1, 0.15) is 0 Å². The third kappa shape index (κ3) is 4.97. The Morgan fingerprint density at radius 1 is 1.67 bits per heavy atom. The number of hydrogen-bond donors (Lipinski definition) is 1. The monoisotopic (exact) mass is 148 g/mol. The fourth-order valence-electron chi connectivity index (χ4n) is 0. The van der Waals surface area contributed by atoms with Gasteiger partial charge in [0.15, 0.2) is 0 Å². The molecule has 0 heterocycles. The predicted molar refractivity (Wildman–Crippen MR) is 32.8 cm³/mol. The van der Waals surface area contributed by atoms with Crippen molar-refractivity contribution in [2.24, 2.45) is 0 Å². The molecule has 4 heteroatoms. The molecule has 0 bridgehead atoms. The van der Waals surface area contributed by atoms with Crippen molar-refractivity contribution in [1.29, 1.82) is 0 Å². The van der Waals surface area contributed by atoms with Crippen molar-refractivity contribution in [3.05, 3.63) is 0 Å². The Labute approximate surface area is 47.3 Å². The van der Waals surface area contributed by atoms with Crippen molar-refractivity contribution >= 4 is 28.7 Å². The molecule has 1 nitrogen and oxygen atoms in total. The molecule has 0 saturated carbocycles. The second-order valence-corrected chi connectivity index (χ2v) is 7.39. The van der Waals surface area contributed by atoms with Gasteiger partial charge in [0, 0.05) is 0 Å². The van der Waals surface area contributed by atoms with E-state index in [9.17, 15) is 0 Å². The van der Waals surface area contributed by atoms with E-state index in [1.54, 1.807) is 6.92 Å². The van der Waals surface area contributed by atoms with Crippen LogP contribution in [0.2, 0.25) is 0 Å². The minimum absolute atomic E-state index is 0.496. The van der Waals surface area contributed by atoms with Crippen LogP contribution in [-0.2, 0) is 0 Å². The van der Waals surface area contributed by atoms with Crippen molar-refractivity contribution in [1.82, 2.24) is 0 Å². The van der Waals surface area contributed by atoms with Crippen molar-refractivity contribution in [2.45, 2.75) is 6.92 Å². The molecule has 0 fully saturated rings. The SMILES string of the molecule is CC[PH](O)(Cl)Cl. The van der Waals surface area contributed by atoms with E-state index in [2.05, 4.69) is 0 Å². The summed E-state index contributed by atoms with van der Waals surface area (Å²) in [6.45, 7) is 1.76. The van der Waals surface area contributed by atoms with Crippen LogP contribution in [0.4, 0.5) is 0 Å². The quantitative estimate of drug-likeness (QED) is 0.565. The third-order valence-electron chi connectivity index (χ3n) is 0.425. The minimum atomic E-state index is -2.69. The van der Waals surface area contributed by atoms with Gasteiger partial charge in [-0.3, -0.25) is 0 Å². The molecule has 40 valence electrons. The van der Waals surface area contributed by atoms with Crippen LogP contribution >= 0.6 is 28.7 Å². The van der Waals surface area contributed by atoms with Crippen LogP contribution in [0.3, 0.4) is 0 Å². The van der Waals surface area contributed by atoms with Gasteiger partial charge in [0.25, 0.3) is 0 Å². The molecule has 0 aromatic rings. The summed E-state index contributed by atoms with van der Waals surface area (Å²) in [5.41, 5.74) is 0. The van der Waals surface area contributed by atoms with Gasteiger partial charge in [-0.2, -0.15) is 0 Å². The fraction of sp³-hybridized carbons (Fsp3) is 1.00. The first kappa shape index (κ1) is 6.97. The molecule has 0 aliphatic heterocycles. The molecule has 0 saturated heterocycles. The van der Waals surface area contributed by atoms with Gasteiger partial charge in [0.2, 0.25) is 0 Å². The summed E-state index contributed by atoms with van der Waals surface area (Å²) in [7, 11) is 0. The molecule has 0 atom stereocenters. The summed E-state index contributed by atoms with van der Waals surface area (Å²) in [6.07, 6.45) is -2.19. The Kier molecular flexibility index (Phi) is 2.70. The van der Waals surface area contributed by atoms with E-state index in [0.29, 0.717) is 6.16 Å². The summed E-state index contributed by atoms with van der Waals surface area (Å²) in [6, 6.07) is 0. The standard InChI is InChI=1S/C2H7Cl2OP/c1-2-6(3,4)5/h5-6H,2H2,1H3. The maximum absolute atomic E-state index is 8.50. The van der Waals surface area contributed by atoms with Crippen LogP contribution in [0.1, 0.15) is 6.92 Å². The summed E-state index contributed by atoms with van der Waals surface area (Å²) in [4.78, 5) is 8.50. The number of rotatable bonds is 1. The number of hydrogen-bond acceptors (Lipinski definition) is 1. The van der Waals surface area contributed by atoms with E-state index in [1.807, 2.05) is 0 Å². The zero-order valence-corrected chi connectivity index (χ0v) is 5.92. The Morgan fingerprint density at radius 2 is 1.83 bits per heavy atom. The second kappa shape index (κ2) is 2.32. The van der Waals surface area contributed by atoms with E-state index in [1.165, 1.54) is 0 Å². The average molecular weight is 149 g/mol. The first-order valence-corrected chi connectivity index (χ1v) is 5.84. The molecule has 0 rings (SSSR count). The van der Waals surface area contributed by atoms with Gasteiger partial charge in [0.05, 0.1) is 0 Å². The van der Waals surface area contributed by atoms with Crippen LogP contribution in [0.15, 0.2) is 0 Å². The van der Waals surface area contributed by atoms with Crippen molar-refractivity contribution < 1.29 is 4.89 Å². The molecule has 1 N–H and O–H groups in total. The molecule has 0 aliphatic rings. The van der Waals surface area contributed by atoms with Crippen LogP contribution in [0.25, 0.3) is 0 Å². The normalized spacial score (nSPS) is 14.7. The maximum atomic E-state index is 8.50. The molecular weight excluding hydrogens is 142 g/mol. The van der Waals surface area contributed by atoms with E-state index in [0.717, 1.165) is 0 Å². The average Bonchev–Trinajstić information content (AvgIpc) is 1.35. The molecule has 0 aromatic carbocycles. The fourth-order valence-corrected chi connectivity index (χ4v) is 0. The van der Waals surface area contributed by atoms with Gasteiger partial charge in [-0.1, -0.05) is 0 Å². The Hall–Kier alpha value is 0.970. The molecular formula is C2H7Cl2OP. The Morgan fingerprint density at radius 3 is 1.83 bits per heavy atom. The summed E-state index contributed by atoms with van der Waals surface area (Å²) < 4.78 is 0. The van der Waals surface area contributed by atoms with Gasteiger partial charge in [-0.25, -0.2) is 0 Å². The van der Waals surface area contributed by atoms with Crippen LogP contribution in [0.5, 0.6) is 0 Å². The third-order valence-corrected chi connectivity index (χ3v) is 2.88. The zero-order valence-electron chi connectivity index (χ0n) is 3.41. The molecule has 0 aliphatic carbocycles. The van der Waals surface area contributed by atoms with E-state index >= 15 is 0 Å². The Bertz CT molecular complexity index is 41.3. The molecule has 0 radical (unpaired) electrons. The van der Waals surface area contributed by atoms with E-state index in [4.69, 9.17) is 27.4 Å². The molecule has 6 heavy (non-hydrogen) atoms. The van der Waals surface area contributed by atoms with Crippen molar-refractivity contribution in [3.63, 3.8) is 0 Å². The molecule has 0 unspecified atom stereocenters. The van der Waals surface area contributed by atoms with Gasteiger partial charge >= 0.3 is 46.7 Å². The zero-order chi connectivity index (χ0) is 5.21. The van der Waals surface area contributed by atoms with Crippen molar-refractivity contribution in [3.8, 4) is 0 Å². The van der Waals surface area contributed by atoms with Gasteiger partial charge < -0.3 is 0 Å². The molecule has 0 spiro atoms. The van der Waals surface area contributed by atoms with Crippen LogP contribution in [0, 0.1) is 0 Å². The summed E-state index contributed by atoms with van der Waals surface area (Å²) in [5.74, 6) is 0. The van der Waals surface area contributed by atoms with Gasteiger partial charge in [-0.05, 0) is 0 Å². The number of halogens is 2. The van der Waals surface area contributed by atoms with Crippen molar-refractivity contribution in [2.75, 3.05) is 6.16 Å².